The van der Waals surface area contributed by atoms with Crippen LogP contribution >= 0.6 is 0 Å². The van der Waals surface area contributed by atoms with Gasteiger partial charge in [-0.1, -0.05) is 38.1 Å². The molecule has 4 N–H and O–H groups in total. The van der Waals surface area contributed by atoms with E-state index in [1.165, 1.54) is 24.3 Å². The van der Waals surface area contributed by atoms with E-state index in [2.05, 4.69) is 8.57 Å². The van der Waals surface area contributed by atoms with E-state index in [4.69, 9.17) is 11.8 Å². The Labute approximate surface area is 146 Å². The van der Waals surface area contributed by atoms with Crippen LogP contribution in [-0.2, 0) is 34.2 Å². The Balaban J connectivity index is 2.38. The van der Waals surface area contributed by atoms with Gasteiger partial charge in [-0.15, -0.1) is 0 Å². The summed E-state index contributed by atoms with van der Waals surface area (Å²) < 4.78 is 54.2. The zero-order valence-corrected chi connectivity index (χ0v) is 15.2. The molecule has 0 radical (unpaired) electrons. The van der Waals surface area contributed by atoms with Gasteiger partial charge in [-0.25, -0.2) is 0 Å². The molecule has 136 valence electrons. The van der Waals surface area contributed by atoms with Gasteiger partial charge in [0.05, 0.1) is 9.79 Å². The first-order chi connectivity index (χ1) is 11.5. The highest BCUT2D eigenvalue weighted by molar-refractivity contribution is 7.87. The second-order valence-electron chi connectivity index (χ2n) is 5.77. The van der Waals surface area contributed by atoms with Gasteiger partial charge in [-0.2, -0.15) is 37.2 Å². The molecule has 0 aromatic heterocycles. The molecule has 0 saturated carbocycles. The van der Waals surface area contributed by atoms with Crippen molar-refractivity contribution in [2.45, 2.75) is 29.1 Å². The van der Waals surface area contributed by atoms with Crippen LogP contribution < -0.4 is 11.8 Å². The Morgan fingerprint density at radius 3 is 1.20 bits per heavy atom. The second-order valence-corrected chi connectivity index (χ2v) is 8.92. The lowest BCUT2D eigenvalue weighted by Gasteiger charge is -2.26. The first-order valence-electron chi connectivity index (χ1n) is 7.02. The summed E-state index contributed by atoms with van der Waals surface area (Å²) in [6, 6.07) is 12.1. The van der Waals surface area contributed by atoms with Crippen molar-refractivity contribution >= 4 is 20.2 Å². The first-order valence-corrected chi connectivity index (χ1v) is 9.84. The largest absolute Gasteiger partial charge is 0.312 e. The Hall–Kier alpha value is -1.82. The van der Waals surface area contributed by atoms with E-state index in [-0.39, 0.29) is 9.79 Å². The van der Waals surface area contributed by atoms with Crippen LogP contribution in [0.1, 0.15) is 25.0 Å². The molecule has 8 nitrogen and oxygen atoms in total. The Morgan fingerprint density at radius 2 is 0.960 bits per heavy atom. The fraction of sp³-hybridized carbons (Fsp3) is 0.200. The molecule has 2 aromatic carbocycles. The van der Waals surface area contributed by atoms with Crippen molar-refractivity contribution in [3.8, 4) is 0 Å². The molecule has 0 atom stereocenters. The first kappa shape index (κ1) is 19.5. The SMILES string of the molecule is CC(C)(c1ccc(S(=O)(=O)ON)cc1)c1ccc(S(=O)(=O)ON)cc1. The van der Waals surface area contributed by atoms with Crippen LogP contribution in [0, 0.1) is 0 Å². The topological polar surface area (TPSA) is 139 Å². The van der Waals surface area contributed by atoms with E-state index in [0.717, 1.165) is 11.1 Å². The fourth-order valence-corrected chi connectivity index (χ4v) is 3.52. The molecule has 0 aliphatic heterocycles. The number of hydrogen-bond donors (Lipinski definition) is 2. The van der Waals surface area contributed by atoms with E-state index in [9.17, 15) is 16.8 Å². The highest BCUT2D eigenvalue weighted by Gasteiger charge is 2.25. The summed E-state index contributed by atoms with van der Waals surface area (Å²) in [5, 5.41) is 0. The van der Waals surface area contributed by atoms with Crippen LogP contribution in [-0.4, -0.2) is 16.8 Å². The summed E-state index contributed by atoms with van der Waals surface area (Å²) in [5.74, 6) is 9.52. The van der Waals surface area contributed by atoms with E-state index < -0.39 is 25.7 Å². The standard InChI is InChI=1S/C15H18N2O6S2/c1-15(2,11-3-7-13(8-4-11)24(18,19)22-16)12-5-9-14(10-6-12)25(20,21)23-17/h3-10H,16-17H2,1-2H3. The third-order valence-corrected chi connectivity index (χ3v) is 6.19. The van der Waals surface area contributed by atoms with Crippen LogP contribution in [0.5, 0.6) is 0 Å². The molecule has 0 aliphatic rings. The Bertz CT molecular complexity index is 871. The van der Waals surface area contributed by atoms with Crippen molar-refractivity contribution in [3.63, 3.8) is 0 Å². The van der Waals surface area contributed by atoms with Gasteiger partial charge < -0.3 is 0 Å². The average Bonchev–Trinajstić information content (AvgIpc) is 2.62. The molecule has 0 fully saturated rings. The molecule has 25 heavy (non-hydrogen) atoms. The zero-order valence-electron chi connectivity index (χ0n) is 13.5. The van der Waals surface area contributed by atoms with Crippen LogP contribution in [0.15, 0.2) is 58.3 Å². The van der Waals surface area contributed by atoms with Gasteiger partial charge in [0.15, 0.2) is 0 Å². The van der Waals surface area contributed by atoms with Crippen molar-refractivity contribution in [1.29, 1.82) is 0 Å². The molecule has 0 aliphatic carbocycles. The van der Waals surface area contributed by atoms with Crippen molar-refractivity contribution in [2.75, 3.05) is 0 Å². The van der Waals surface area contributed by atoms with Crippen molar-refractivity contribution in [3.05, 3.63) is 59.7 Å². The van der Waals surface area contributed by atoms with Crippen molar-refractivity contribution in [2.24, 2.45) is 11.8 Å². The van der Waals surface area contributed by atoms with Crippen molar-refractivity contribution < 1.29 is 25.4 Å². The van der Waals surface area contributed by atoms with E-state index >= 15 is 0 Å². The highest BCUT2D eigenvalue weighted by atomic mass is 32.2. The number of nitrogens with two attached hydrogens (primary N) is 2. The molecule has 0 heterocycles. The highest BCUT2D eigenvalue weighted by Crippen LogP contribution is 2.32. The predicted molar refractivity (Wildman–Crippen MR) is 89.9 cm³/mol. The maximum atomic E-state index is 11.6. The molecule has 0 saturated heterocycles. The summed E-state index contributed by atoms with van der Waals surface area (Å²) in [5.41, 5.74) is 1.11. The number of rotatable bonds is 6. The molecule has 10 heteroatoms. The summed E-state index contributed by atoms with van der Waals surface area (Å²) in [6.07, 6.45) is 0. The lowest BCUT2D eigenvalue weighted by molar-refractivity contribution is 0.332. The molecule has 2 aromatic rings. The van der Waals surface area contributed by atoms with Gasteiger partial charge in [0.25, 0.3) is 0 Å². The predicted octanol–water partition coefficient (Wildman–Crippen LogP) is 1.17. The molecular weight excluding hydrogens is 368 g/mol. The minimum absolute atomic E-state index is 0.0592. The molecular formula is C15H18N2O6S2. The second kappa shape index (κ2) is 6.83. The molecule has 0 unspecified atom stereocenters. The van der Waals surface area contributed by atoms with Crippen LogP contribution in [0.2, 0.25) is 0 Å². The number of hydrogen-bond acceptors (Lipinski definition) is 8. The Kier molecular flexibility index (Phi) is 5.33. The molecule has 0 bridgehead atoms. The summed E-state index contributed by atoms with van der Waals surface area (Å²) in [7, 11) is -7.93. The third-order valence-electron chi connectivity index (χ3n) is 3.98. The molecule has 0 spiro atoms. The minimum Gasteiger partial charge on any atom is -0.197 e. The van der Waals surface area contributed by atoms with Crippen molar-refractivity contribution in [1.82, 2.24) is 0 Å². The quantitative estimate of drug-likeness (QED) is 0.705. The van der Waals surface area contributed by atoms with E-state index in [0.29, 0.717) is 0 Å². The fourth-order valence-electron chi connectivity index (χ4n) is 2.35. The van der Waals surface area contributed by atoms with Crippen LogP contribution in [0.25, 0.3) is 0 Å². The minimum atomic E-state index is -3.96. The Morgan fingerprint density at radius 1 is 0.680 bits per heavy atom. The average molecular weight is 386 g/mol. The smallest absolute Gasteiger partial charge is 0.197 e. The lowest BCUT2D eigenvalue weighted by atomic mass is 9.78. The summed E-state index contributed by atoms with van der Waals surface area (Å²) in [4.78, 5) is -0.118. The third kappa shape index (κ3) is 3.89. The summed E-state index contributed by atoms with van der Waals surface area (Å²) >= 11 is 0. The van der Waals surface area contributed by atoms with Gasteiger partial charge in [-0.05, 0) is 35.4 Å². The van der Waals surface area contributed by atoms with Gasteiger partial charge in [0.2, 0.25) is 0 Å². The van der Waals surface area contributed by atoms with E-state index in [1.807, 2.05) is 13.8 Å². The van der Waals surface area contributed by atoms with Crippen LogP contribution in [0.3, 0.4) is 0 Å². The van der Waals surface area contributed by atoms with Crippen LogP contribution in [0.4, 0.5) is 0 Å². The maximum absolute atomic E-state index is 11.6. The lowest BCUT2D eigenvalue weighted by Crippen LogP contribution is -2.20. The van der Waals surface area contributed by atoms with Gasteiger partial charge >= 0.3 is 20.2 Å². The summed E-state index contributed by atoms with van der Waals surface area (Å²) in [6.45, 7) is 3.83. The normalized spacial score (nSPS) is 13.0. The zero-order chi connectivity index (χ0) is 18.9. The monoisotopic (exact) mass is 386 g/mol. The maximum Gasteiger partial charge on any atom is 0.312 e. The molecule has 0 amide bonds. The van der Waals surface area contributed by atoms with Gasteiger partial charge in [-0.3, -0.25) is 0 Å². The number of benzene rings is 2. The van der Waals surface area contributed by atoms with Gasteiger partial charge in [0.1, 0.15) is 0 Å². The molecule has 2 rings (SSSR count). The van der Waals surface area contributed by atoms with Gasteiger partial charge in [0, 0.05) is 5.41 Å². The van der Waals surface area contributed by atoms with E-state index in [1.54, 1.807) is 24.3 Å².